The Morgan fingerprint density at radius 2 is 1.78 bits per heavy atom. The van der Waals surface area contributed by atoms with Crippen molar-refractivity contribution >= 4 is 11.3 Å². The van der Waals surface area contributed by atoms with Crippen LogP contribution in [0, 0.1) is 0 Å². The van der Waals surface area contributed by atoms with Gasteiger partial charge in [-0.25, -0.2) is 0 Å². The summed E-state index contributed by atoms with van der Waals surface area (Å²) in [6, 6.07) is 10.3. The van der Waals surface area contributed by atoms with Crippen molar-refractivity contribution in [1.29, 1.82) is 0 Å². The Morgan fingerprint density at radius 3 is 2.39 bits per heavy atom. The molecule has 124 valence electrons. The second kappa shape index (κ2) is 7.53. The first kappa shape index (κ1) is 16.6. The zero-order chi connectivity index (χ0) is 16.2. The molecule has 23 heavy (non-hydrogen) atoms. The summed E-state index contributed by atoms with van der Waals surface area (Å²) in [5.41, 5.74) is 3.45. The van der Waals surface area contributed by atoms with Crippen LogP contribution in [-0.4, -0.2) is 58.4 Å². The van der Waals surface area contributed by atoms with Crippen molar-refractivity contribution in [1.82, 2.24) is 10.2 Å². The van der Waals surface area contributed by atoms with E-state index >= 15 is 0 Å². The van der Waals surface area contributed by atoms with Gasteiger partial charge in [-0.2, -0.15) is 11.3 Å². The molecule has 3 atom stereocenters. The zero-order valence-electron chi connectivity index (χ0n) is 12.8. The number of aliphatic hydroxyl groups is 3. The van der Waals surface area contributed by atoms with Crippen LogP contribution in [0.4, 0.5) is 0 Å². The molecule has 3 rings (SSSR count). The average molecular weight is 334 g/mol. The second-order valence-corrected chi connectivity index (χ2v) is 6.74. The van der Waals surface area contributed by atoms with Gasteiger partial charge in [-0.1, -0.05) is 24.3 Å². The molecule has 0 spiro atoms. The minimum Gasteiger partial charge on any atom is -0.389 e. The lowest BCUT2D eigenvalue weighted by Crippen LogP contribution is -2.40. The van der Waals surface area contributed by atoms with Gasteiger partial charge in [0, 0.05) is 19.5 Å². The van der Waals surface area contributed by atoms with Crippen molar-refractivity contribution in [3.8, 4) is 11.1 Å². The predicted molar refractivity (Wildman–Crippen MR) is 91.1 cm³/mol. The van der Waals surface area contributed by atoms with E-state index in [-0.39, 0.29) is 0 Å². The Morgan fingerprint density at radius 1 is 1.09 bits per heavy atom. The molecule has 0 aliphatic carbocycles. The largest absolute Gasteiger partial charge is 0.389 e. The van der Waals surface area contributed by atoms with E-state index in [0.29, 0.717) is 26.2 Å². The van der Waals surface area contributed by atoms with Gasteiger partial charge in [0.25, 0.3) is 0 Å². The number of benzene rings is 1. The highest BCUT2D eigenvalue weighted by Gasteiger charge is 2.29. The van der Waals surface area contributed by atoms with E-state index in [9.17, 15) is 15.3 Å². The maximum Gasteiger partial charge on any atom is 0.109 e. The summed E-state index contributed by atoms with van der Waals surface area (Å²) in [5.74, 6) is 0. The molecular formula is C17H22N2O3S. The van der Waals surface area contributed by atoms with Crippen LogP contribution in [-0.2, 0) is 6.42 Å². The lowest BCUT2D eigenvalue weighted by molar-refractivity contribution is 0.0572. The van der Waals surface area contributed by atoms with Crippen LogP contribution in [0.2, 0.25) is 0 Å². The van der Waals surface area contributed by atoms with Crippen molar-refractivity contribution in [2.24, 2.45) is 0 Å². The van der Waals surface area contributed by atoms with E-state index in [2.05, 4.69) is 34.3 Å². The number of nitrogens with one attached hydrogen (secondary N) is 1. The van der Waals surface area contributed by atoms with Gasteiger partial charge >= 0.3 is 0 Å². The van der Waals surface area contributed by atoms with Crippen LogP contribution in [0.25, 0.3) is 11.1 Å². The van der Waals surface area contributed by atoms with Crippen LogP contribution in [0.1, 0.15) is 5.56 Å². The molecule has 2 heterocycles. The van der Waals surface area contributed by atoms with E-state index in [1.54, 1.807) is 11.3 Å². The third-order valence-corrected chi connectivity index (χ3v) is 4.81. The molecule has 0 saturated carbocycles. The minimum atomic E-state index is -0.696. The number of thiophene rings is 1. The monoisotopic (exact) mass is 334 g/mol. The summed E-state index contributed by atoms with van der Waals surface area (Å²) in [6.07, 6.45) is -1.53. The summed E-state index contributed by atoms with van der Waals surface area (Å²) in [4.78, 5) is 1.89. The highest BCUT2D eigenvalue weighted by molar-refractivity contribution is 7.08. The Bertz CT molecular complexity index is 593. The van der Waals surface area contributed by atoms with Gasteiger partial charge in [0.2, 0.25) is 0 Å². The first-order chi connectivity index (χ1) is 11.1. The average Bonchev–Trinajstić information content (AvgIpc) is 3.17. The molecule has 2 aromatic rings. The number of β-amino-alcohol motifs (C(OH)–C–C–N with tert-alkyl or cyclic N) is 2. The number of likely N-dealkylation sites (tertiary alicyclic amines) is 1. The maximum atomic E-state index is 10.1. The van der Waals surface area contributed by atoms with E-state index in [0.717, 1.165) is 5.56 Å². The van der Waals surface area contributed by atoms with E-state index < -0.39 is 18.4 Å². The molecule has 0 radical (unpaired) electrons. The SMILES string of the molecule is OC(Cc1ccc(-c2ccsc2)cc1)NCN1C[C@@H](O)[C@@H](O)C1. The Hall–Kier alpha value is -1.28. The number of hydrogen-bond acceptors (Lipinski definition) is 6. The van der Waals surface area contributed by atoms with Gasteiger partial charge in [0.05, 0.1) is 18.9 Å². The molecule has 1 aromatic carbocycles. The topological polar surface area (TPSA) is 76.0 Å². The lowest BCUT2D eigenvalue weighted by atomic mass is 10.0. The molecule has 1 aliphatic rings. The first-order valence-electron chi connectivity index (χ1n) is 7.73. The number of aliphatic hydroxyl groups excluding tert-OH is 3. The smallest absolute Gasteiger partial charge is 0.109 e. The van der Waals surface area contributed by atoms with Gasteiger partial charge in [-0.05, 0) is 33.5 Å². The van der Waals surface area contributed by atoms with Gasteiger partial charge < -0.3 is 15.3 Å². The zero-order valence-corrected chi connectivity index (χ0v) is 13.6. The molecule has 6 heteroatoms. The molecule has 1 aromatic heterocycles. The molecular weight excluding hydrogens is 312 g/mol. The minimum absolute atomic E-state index is 0.427. The van der Waals surface area contributed by atoms with Crippen molar-refractivity contribution < 1.29 is 15.3 Å². The number of hydrogen-bond donors (Lipinski definition) is 4. The van der Waals surface area contributed by atoms with Gasteiger partial charge in [-0.3, -0.25) is 10.2 Å². The summed E-state index contributed by atoms with van der Waals surface area (Å²) in [6.45, 7) is 1.30. The van der Waals surface area contributed by atoms with Crippen LogP contribution in [0.3, 0.4) is 0 Å². The van der Waals surface area contributed by atoms with Crippen LogP contribution in [0.15, 0.2) is 41.1 Å². The molecule has 1 aliphatic heterocycles. The van der Waals surface area contributed by atoms with Gasteiger partial charge in [0.15, 0.2) is 0 Å². The van der Waals surface area contributed by atoms with Gasteiger partial charge in [-0.15, -0.1) is 0 Å². The van der Waals surface area contributed by atoms with Crippen molar-refractivity contribution in [3.05, 3.63) is 46.7 Å². The predicted octanol–water partition coefficient (Wildman–Crippen LogP) is 0.860. The normalized spacial score (nSPS) is 23.3. The van der Waals surface area contributed by atoms with Crippen molar-refractivity contribution in [2.45, 2.75) is 24.9 Å². The summed E-state index contributed by atoms with van der Waals surface area (Å²) in [7, 11) is 0. The lowest BCUT2D eigenvalue weighted by Gasteiger charge is -2.19. The van der Waals surface area contributed by atoms with E-state index in [1.807, 2.05) is 17.0 Å². The van der Waals surface area contributed by atoms with Crippen LogP contribution in [0.5, 0.6) is 0 Å². The third-order valence-electron chi connectivity index (χ3n) is 4.12. The Labute approximate surface area is 139 Å². The molecule has 4 N–H and O–H groups in total. The van der Waals surface area contributed by atoms with Gasteiger partial charge in [0.1, 0.15) is 6.23 Å². The van der Waals surface area contributed by atoms with Crippen molar-refractivity contribution in [2.75, 3.05) is 19.8 Å². The molecule has 5 nitrogen and oxygen atoms in total. The summed E-state index contributed by atoms with van der Waals surface area (Å²) >= 11 is 1.68. The number of nitrogens with zero attached hydrogens (tertiary/aromatic N) is 1. The fourth-order valence-electron chi connectivity index (χ4n) is 2.77. The fraction of sp³-hybridized carbons (Fsp3) is 0.412. The highest BCUT2D eigenvalue weighted by atomic mass is 32.1. The fourth-order valence-corrected chi connectivity index (χ4v) is 3.43. The number of rotatable bonds is 6. The molecule has 1 unspecified atom stereocenters. The molecule has 0 amide bonds. The summed E-state index contributed by atoms with van der Waals surface area (Å²) in [5, 5.41) is 36.3. The standard InChI is InChI=1S/C17H22N2O3S/c20-15-8-19(9-16(15)21)11-18-17(22)7-12-1-3-13(4-2-12)14-5-6-23-10-14/h1-6,10,15-18,20-22H,7-9,11H2/t15-,16+,17?. The molecule has 1 saturated heterocycles. The van der Waals surface area contributed by atoms with Crippen LogP contribution < -0.4 is 5.32 Å². The first-order valence-corrected chi connectivity index (χ1v) is 8.67. The highest BCUT2D eigenvalue weighted by Crippen LogP contribution is 2.22. The second-order valence-electron chi connectivity index (χ2n) is 5.96. The molecule has 0 bridgehead atoms. The van der Waals surface area contributed by atoms with E-state index in [1.165, 1.54) is 11.1 Å². The van der Waals surface area contributed by atoms with Crippen molar-refractivity contribution in [3.63, 3.8) is 0 Å². The third kappa shape index (κ3) is 4.38. The Balaban J connectivity index is 1.47. The summed E-state index contributed by atoms with van der Waals surface area (Å²) < 4.78 is 0. The van der Waals surface area contributed by atoms with E-state index in [4.69, 9.17) is 0 Å². The quantitative estimate of drug-likeness (QED) is 0.590. The maximum absolute atomic E-state index is 10.1. The van der Waals surface area contributed by atoms with Crippen LogP contribution >= 0.6 is 11.3 Å². The molecule has 1 fully saturated rings. The Kier molecular flexibility index (Phi) is 5.42.